The average molecular weight is 417 g/mol. The molecule has 2 amide bonds. The summed E-state index contributed by atoms with van der Waals surface area (Å²) in [4.78, 5) is 25.7. The van der Waals surface area contributed by atoms with E-state index in [0.29, 0.717) is 47.4 Å². The summed E-state index contributed by atoms with van der Waals surface area (Å²) in [5.74, 6) is 0.668. The van der Waals surface area contributed by atoms with Crippen LogP contribution in [0.25, 0.3) is 0 Å². The molecule has 1 heterocycles. The fourth-order valence-electron chi connectivity index (χ4n) is 3.15. The number of amides is 2. The number of ether oxygens (including phenoxy) is 2. The molecule has 0 saturated heterocycles. The maximum absolute atomic E-state index is 13.0. The van der Waals surface area contributed by atoms with Gasteiger partial charge in [0.25, 0.3) is 5.91 Å². The van der Waals surface area contributed by atoms with Gasteiger partial charge in [-0.2, -0.15) is 0 Å². The molecule has 7 heteroatoms. The van der Waals surface area contributed by atoms with Gasteiger partial charge in [-0.3, -0.25) is 9.59 Å². The van der Waals surface area contributed by atoms with Crippen molar-refractivity contribution in [2.24, 2.45) is 5.92 Å². The lowest BCUT2D eigenvalue weighted by atomic mass is 10.0. The smallest absolute Gasteiger partial charge is 0.252 e. The first-order valence-electron chi connectivity index (χ1n) is 9.61. The number of fused-ring (bicyclic) bond motifs is 1. The summed E-state index contributed by atoms with van der Waals surface area (Å²) < 4.78 is 11.1. The van der Waals surface area contributed by atoms with Gasteiger partial charge in [-0.15, -0.1) is 0 Å². The van der Waals surface area contributed by atoms with Gasteiger partial charge in [0, 0.05) is 17.7 Å². The van der Waals surface area contributed by atoms with Crippen LogP contribution in [-0.4, -0.2) is 31.1 Å². The summed E-state index contributed by atoms with van der Waals surface area (Å²) in [6.45, 7) is 6.75. The highest BCUT2D eigenvalue weighted by Crippen LogP contribution is 2.38. The standard InChI is InChI=1S/C22H25ClN2O4/c1-13(2)10-18(25-21(26)15-7-5-4-6-14(15)3)22(27)24-17-12-20-19(11-16(17)23)28-8-9-29-20/h4-7,11-13,18H,8-10H2,1-3H3,(H,24,27)(H,25,26). The zero-order valence-electron chi connectivity index (χ0n) is 16.8. The molecular formula is C22H25ClN2O4. The molecule has 2 N–H and O–H groups in total. The van der Waals surface area contributed by atoms with Crippen LogP contribution in [0.15, 0.2) is 36.4 Å². The highest BCUT2D eigenvalue weighted by atomic mass is 35.5. The van der Waals surface area contributed by atoms with E-state index in [1.807, 2.05) is 32.9 Å². The predicted octanol–water partition coefficient (Wildman–Crippen LogP) is 4.20. The monoisotopic (exact) mass is 416 g/mol. The van der Waals surface area contributed by atoms with Crippen molar-refractivity contribution in [3.63, 3.8) is 0 Å². The number of benzene rings is 2. The van der Waals surface area contributed by atoms with Crippen LogP contribution in [0.2, 0.25) is 5.02 Å². The van der Waals surface area contributed by atoms with Crippen LogP contribution >= 0.6 is 11.6 Å². The molecule has 0 aromatic heterocycles. The van der Waals surface area contributed by atoms with Crippen molar-refractivity contribution in [2.75, 3.05) is 18.5 Å². The van der Waals surface area contributed by atoms with Gasteiger partial charge >= 0.3 is 0 Å². The van der Waals surface area contributed by atoms with Crippen molar-refractivity contribution in [1.29, 1.82) is 0 Å². The molecule has 1 aliphatic rings. The molecule has 0 spiro atoms. The Kier molecular flexibility index (Phi) is 6.64. The van der Waals surface area contributed by atoms with Gasteiger partial charge in [-0.05, 0) is 30.9 Å². The van der Waals surface area contributed by atoms with Crippen molar-refractivity contribution >= 4 is 29.1 Å². The molecule has 0 fully saturated rings. The third-order valence-electron chi connectivity index (χ3n) is 4.61. The molecule has 154 valence electrons. The van der Waals surface area contributed by atoms with Gasteiger partial charge in [-0.1, -0.05) is 43.6 Å². The maximum atomic E-state index is 13.0. The predicted molar refractivity (Wildman–Crippen MR) is 113 cm³/mol. The minimum atomic E-state index is -0.702. The second-order valence-electron chi connectivity index (χ2n) is 7.44. The minimum absolute atomic E-state index is 0.207. The van der Waals surface area contributed by atoms with E-state index in [4.69, 9.17) is 21.1 Å². The number of nitrogens with one attached hydrogen (secondary N) is 2. The summed E-state index contributed by atoms with van der Waals surface area (Å²) >= 11 is 6.30. The zero-order valence-corrected chi connectivity index (χ0v) is 17.5. The first kappa shape index (κ1) is 21.0. The largest absolute Gasteiger partial charge is 0.486 e. The maximum Gasteiger partial charge on any atom is 0.252 e. The summed E-state index contributed by atoms with van der Waals surface area (Å²) in [5, 5.41) is 6.02. The Morgan fingerprint density at radius 1 is 1.10 bits per heavy atom. The van der Waals surface area contributed by atoms with Gasteiger partial charge in [0.2, 0.25) is 5.91 Å². The molecule has 1 unspecified atom stereocenters. The molecule has 2 aromatic carbocycles. The number of carbonyl (C=O) groups excluding carboxylic acids is 2. The van der Waals surface area contributed by atoms with Gasteiger partial charge < -0.3 is 20.1 Å². The second-order valence-corrected chi connectivity index (χ2v) is 7.84. The van der Waals surface area contributed by atoms with Crippen molar-refractivity contribution < 1.29 is 19.1 Å². The molecule has 2 aromatic rings. The average Bonchev–Trinajstić information content (AvgIpc) is 2.68. The van der Waals surface area contributed by atoms with E-state index in [1.54, 1.807) is 24.3 Å². The Morgan fingerprint density at radius 3 is 2.41 bits per heavy atom. The molecule has 0 saturated carbocycles. The van der Waals surface area contributed by atoms with Crippen molar-refractivity contribution in [2.45, 2.75) is 33.2 Å². The normalized spacial score (nSPS) is 13.7. The number of rotatable bonds is 6. The number of aryl methyl sites for hydroxylation is 1. The van der Waals surface area contributed by atoms with Crippen LogP contribution < -0.4 is 20.1 Å². The number of halogens is 1. The van der Waals surface area contributed by atoms with Crippen molar-refractivity contribution in [3.8, 4) is 11.5 Å². The van der Waals surface area contributed by atoms with E-state index < -0.39 is 6.04 Å². The fourth-order valence-corrected chi connectivity index (χ4v) is 3.35. The van der Waals surface area contributed by atoms with Crippen LogP contribution in [0.4, 0.5) is 5.69 Å². The van der Waals surface area contributed by atoms with Crippen molar-refractivity contribution in [1.82, 2.24) is 5.32 Å². The Bertz CT molecular complexity index is 914. The topological polar surface area (TPSA) is 76.7 Å². The highest BCUT2D eigenvalue weighted by molar-refractivity contribution is 6.34. The quantitative estimate of drug-likeness (QED) is 0.739. The van der Waals surface area contributed by atoms with E-state index in [9.17, 15) is 9.59 Å². The Morgan fingerprint density at radius 2 is 1.76 bits per heavy atom. The zero-order chi connectivity index (χ0) is 21.0. The van der Waals surface area contributed by atoms with E-state index in [1.165, 1.54) is 0 Å². The summed E-state index contributed by atoms with van der Waals surface area (Å²) in [6, 6.07) is 9.84. The number of anilines is 1. The third-order valence-corrected chi connectivity index (χ3v) is 4.92. The fraction of sp³-hybridized carbons (Fsp3) is 0.364. The minimum Gasteiger partial charge on any atom is -0.486 e. The van der Waals surface area contributed by atoms with Gasteiger partial charge in [0.05, 0.1) is 10.7 Å². The first-order valence-corrected chi connectivity index (χ1v) is 9.99. The molecule has 0 radical (unpaired) electrons. The molecular weight excluding hydrogens is 392 g/mol. The second kappa shape index (κ2) is 9.18. The number of hydrogen-bond acceptors (Lipinski definition) is 4. The molecule has 1 aliphatic heterocycles. The van der Waals surface area contributed by atoms with Gasteiger partial charge in [0.15, 0.2) is 11.5 Å². The summed E-state index contributed by atoms with van der Waals surface area (Å²) in [7, 11) is 0. The first-order chi connectivity index (χ1) is 13.8. The Labute approximate surface area is 175 Å². The van der Waals surface area contributed by atoms with Crippen LogP contribution in [0.3, 0.4) is 0 Å². The molecule has 3 rings (SSSR count). The summed E-state index contributed by atoms with van der Waals surface area (Å²) in [6.07, 6.45) is 0.492. The van der Waals surface area contributed by atoms with E-state index in [0.717, 1.165) is 5.56 Å². The Hall–Kier alpha value is -2.73. The van der Waals surface area contributed by atoms with Crippen LogP contribution in [-0.2, 0) is 4.79 Å². The van der Waals surface area contributed by atoms with Gasteiger partial charge in [0.1, 0.15) is 19.3 Å². The van der Waals surface area contributed by atoms with Crippen molar-refractivity contribution in [3.05, 3.63) is 52.5 Å². The third kappa shape index (κ3) is 5.21. The van der Waals surface area contributed by atoms with E-state index in [2.05, 4.69) is 10.6 Å². The SMILES string of the molecule is Cc1ccccc1C(=O)NC(CC(C)C)C(=O)Nc1cc2c(cc1Cl)OCCO2. The molecule has 0 bridgehead atoms. The summed E-state index contributed by atoms with van der Waals surface area (Å²) in [5.41, 5.74) is 1.81. The lowest BCUT2D eigenvalue weighted by molar-refractivity contribution is -0.118. The molecule has 6 nitrogen and oxygen atoms in total. The van der Waals surface area contributed by atoms with E-state index >= 15 is 0 Å². The molecule has 1 atom stereocenters. The number of hydrogen-bond donors (Lipinski definition) is 2. The van der Waals surface area contributed by atoms with Crippen LogP contribution in [0.1, 0.15) is 36.2 Å². The van der Waals surface area contributed by atoms with E-state index in [-0.39, 0.29) is 17.7 Å². The number of carbonyl (C=O) groups is 2. The van der Waals surface area contributed by atoms with Gasteiger partial charge in [-0.25, -0.2) is 0 Å². The Balaban J connectivity index is 1.77. The lowest BCUT2D eigenvalue weighted by Gasteiger charge is -2.23. The highest BCUT2D eigenvalue weighted by Gasteiger charge is 2.25. The lowest BCUT2D eigenvalue weighted by Crippen LogP contribution is -2.44. The molecule has 29 heavy (non-hydrogen) atoms. The van der Waals surface area contributed by atoms with Crippen LogP contribution in [0, 0.1) is 12.8 Å². The molecule has 0 aliphatic carbocycles. The van der Waals surface area contributed by atoms with Crippen LogP contribution in [0.5, 0.6) is 11.5 Å².